The van der Waals surface area contributed by atoms with Crippen LogP contribution >= 0.6 is 0 Å². The lowest BCUT2D eigenvalue weighted by Gasteiger charge is -2.37. The molecule has 1 fully saturated rings. The van der Waals surface area contributed by atoms with Crippen LogP contribution in [-0.2, 0) is 0 Å². The zero-order valence-electron chi connectivity index (χ0n) is 18.4. The van der Waals surface area contributed by atoms with Gasteiger partial charge in [-0.3, -0.25) is 4.79 Å². The van der Waals surface area contributed by atoms with Crippen LogP contribution in [0.1, 0.15) is 55.5 Å². The van der Waals surface area contributed by atoms with Crippen molar-refractivity contribution >= 4 is 5.91 Å². The van der Waals surface area contributed by atoms with Gasteiger partial charge in [-0.2, -0.15) is 0 Å². The van der Waals surface area contributed by atoms with Crippen molar-refractivity contribution in [1.29, 1.82) is 0 Å². The molecule has 0 unspecified atom stereocenters. The number of likely N-dealkylation sites (N-methyl/N-ethyl adjacent to an activating group) is 1. The Kier molecular flexibility index (Phi) is 7.02. The molecule has 3 atom stereocenters. The van der Waals surface area contributed by atoms with Crippen molar-refractivity contribution < 1.29 is 19.7 Å². The molecule has 2 aliphatic rings. The molecule has 0 bridgehead atoms. The molecule has 1 aliphatic carbocycles. The number of rotatable bonds is 4. The highest BCUT2D eigenvalue weighted by Gasteiger charge is 2.34. The number of fused-ring (bicyclic) bond motifs is 1. The maximum absolute atomic E-state index is 13.3. The number of hydrogen-bond donors (Lipinski definition) is 2. The van der Waals surface area contributed by atoms with E-state index in [1.807, 2.05) is 32.8 Å². The third-order valence-corrected chi connectivity index (χ3v) is 5.94. The van der Waals surface area contributed by atoms with Gasteiger partial charge in [-0.15, -0.1) is 0 Å². The van der Waals surface area contributed by atoms with Crippen LogP contribution in [0.3, 0.4) is 0 Å². The van der Waals surface area contributed by atoms with E-state index in [0.29, 0.717) is 42.9 Å². The van der Waals surface area contributed by atoms with Crippen molar-refractivity contribution in [3.05, 3.63) is 23.4 Å². The molecule has 1 aromatic rings. The molecule has 2 heterocycles. The number of aliphatic hydroxyl groups excluding tert-OH is 1. The summed E-state index contributed by atoms with van der Waals surface area (Å²) in [5.74, 6) is 6.09. The fraction of sp³-hybridized carbons (Fsp3) is 0.652. The molecule has 30 heavy (non-hydrogen) atoms. The summed E-state index contributed by atoms with van der Waals surface area (Å²) in [5, 5.41) is 20.2. The number of carbonyl (C=O) groups is 1. The van der Waals surface area contributed by atoms with Crippen molar-refractivity contribution in [2.24, 2.45) is 5.92 Å². The van der Waals surface area contributed by atoms with Gasteiger partial charge in [-0.25, -0.2) is 4.98 Å². The number of carbonyl (C=O) groups excluding carboxylic acids is 1. The Hall–Kier alpha value is -2.14. The minimum Gasteiger partial charge on any atom is -0.472 e. The van der Waals surface area contributed by atoms with Gasteiger partial charge in [-0.1, -0.05) is 18.8 Å². The topological polar surface area (TPSA) is 86.1 Å². The number of aromatic nitrogens is 1. The lowest BCUT2D eigenvalue weighted by Crippen LogP contribution is -2.49. The molecule has 7 nitrogen and oxygen atoms in total. The largest absolute Gasteiger partial charge is 0.472 e. The summed E-state index contributed by atoms with van der Waals surface area (Å²) in [7, 11) is 3.96. The number of hydrogen-bond acceptors (Lipinski definition) is 6. The van der Waals surface area contributed by atoms with E-state index in [9.17, 15) is 15.0 Å². The average Bonchev–Trinajstić information content (AvgIpc) is 3.15. The second kappa shape index (κ2) is 9.34. The van der Waals surface area contributed by atoms with Gasteiger partial charge in [0.05, 0.1) is 12.6 Å². The first kappa shape index (κ1) is 22.5. The summed E-state index contributed by atoms with van der Waals surface area (Å²) in [4.78, 5) is 21.5. The number of ether oxygens (including phenoxy) is 1. The van der Waals surface area contributed by atoms with Gasteiger partial charge in [0.2, 0.25) is 5.88 Å². The lowest BCUT2D eigenvalue weighted by atomic mass is 9.99. The Morgan fingerprint density at radius 2 is 2.10 bits per heavy atom. The summed E-state index contributed by atoms with van der Waals surface area (Å²) in [6.45, 7) is 4.93. The molecule has 0 aromatic carbocycles. The van der Waals surface area contributed by atoms with Crippen LogP contribution in [-0.4, -0.2) is 82.4 Å². The van der Waals surface area contributed by atoms with Crippen LogP contribution in [0, 0.1) is 17.8 Å². The summed E-state index contributed by atoms with van der Waals surface area (Å²) in [6.07, 6.45) is 4.73. The molecule has 164 valence electrons. The van der Waals surface area contributed by atoms with Crippen LogP contribution in [0.5, 0.6) is 5.88 Å². The third-order valence-electron chi connectivity index (χ3n) is 5.94. The zero-order valence-corrected chi connectivity index (χ0v) is 18.4. The first-order valence-corrected chi connectivity index (χ1v) is 10.7. The van der Waals surface area contributed by atoms with Gasteiger partial charge in [0.15, 0.2) is 0 Å². The van der Waals surface area contributed by atoms with Crippen LogP contribution in [0.25, 0.3) is 0 Å². The molecule has 7 heteroatoms. The highest BCUT2D eigenvalue weighted by atomic mass is 16.5. The maximum atomic E-state index is 13.3. The van der Waals surface area contributed by atoms with E-state index in [-0.39, 0.29) is 30.6 Å². The van der Waals surface area contributed by atoms with E-state index in [1.54, 1.807) is 17.2 Å². The first-order chi connectivity index (χ1) is 14.2. The van der Waals surface area contributed by atoms with E-state index in [4.69, 9.17) is 4.74 Å². The maximum Gasteiger partial charge on any atom is 0.259 e. The van der Waals surface area contributed by atoms with E-state index >= 15 is 0 Å². The van der Waals surface area contributed by atoms with Crippen molar-refractivity contribution in [2.45, 2.75) is 57.3 Å². The van der Waals surface area contributed by atoms with Crippen molar-refractivity contribution in [1.82, 2.24) is 14.8 Å². The highest BCUT2D eigenvalue weighted by Crippen LogP contribution is 2.29. The average molecular weight is 416 g/mol. The van der Waals surface area contributed by atoms with Crippen LogP contribution in [0.2, 0.25) is 0 Å². The number of amides is 1. The third kappa shape index (κ3) is 5.12. The summed E-state index contributed by atoms with van der Waals surface area (Å²) in [5.41, 5.74) is -0.0364. The molecular weight excluding hydrogens is 382 g/mol. The second-order valence-corrected chi connectivity index (χ2v) is 8.95. The zero-order chi connectivity index (χ0) is 21.9. The number of nitrogens with zero attached hydrogens (tertiary/aromatic N) is 3. The molecule has 1 saturated carbocycles. The minimum atomic E-state index is -0.950. The quantitative estimate of drug-likeness (QED) is 0.726. The second-order valence-electron chi connectivity index (χ2n) is 8.95. The smallest absolute Gasteiger partial charge is 0.259 e. The minimum absolute atomic E-state index is 0.0661. The van der Waals surface area contributed by atoms with E-state index in [2.05, 4.69) is 16.8 Å². The van der Waals surface area contributed by atoms with Gasteiger partial charge in [0.1, 0.15) is 17.3 Å². The van der Waals surface area contributed by atoms with E-state index in [1.165, 1.54) is 0 Å². The Balaban J connectivity index is 1.98. The van der Waals surface area contributed by atoms with Gasteiger partial charge >= 0.3 is 0 Å². The predicted molar refractivity (Wildman–Crippen MR) is 114 cm³/mol. The molecule has 1 aromatic heterocycles. The fourth-order valence-electron chi connectivity index (χ4n) is 4.02. The Morgan fingerprint density at radius 3 is 2.73 bits per heavy atom. The van der Waals surface area contributed by atoms with Gasteiger partial charge < -0.3 is 24.7 Å². The Bertz CT molecular complexity index is 823. The standard InChI is InChI=1S/C23H33N3O4/c1-16-13-26(17(2)15-27)22(28)19-11-18(7-10-23(29)8-5-6-9-23)12-24-21(19)30-20(16)14-25(3)4/h11-12,16-17,20,27,29H,5-6,8-9,13-15H2,1-4H3/t16-,17+,20+/m1/s1. The Labute approximate surface area is 179 Å². The van der Waals surface area contributed by atoms with E-state index < -0.39 is 5.60 Å². The first-order valence-electron chi connectivity index (χ1n) is 10.7. The van der Waals surface area contributed by atoms with Crippen LogP contribution in [0.4, 0.5) is 0 Å². The van der Waals surface area contributed by atoms with Crippen molar-refractivity contribution in [3.63, 3.8) is 0 Å². The summed E-state index contributed by atoms with van der Waals surface area (Å²) >= 11 is 0. The lowest BCUT2D eigenvalue weighted by molar-refractivity contribution is 0.0348. The predicted octanol–water partition coefficient (Wildman–Crippen LogP) is 1.52. The normalized spacial score (nSPS) is 24.4. The number of pyridine rings is 1. The van der Waals surface area contributed by atoms with Crippen LogP contribution in [0.15, 0.2) is 12.3 Å². The fourth-order valence-corrected chi connectivity index (χ4v) is 4.02. The summed E-state index contributed by atoms with van der Waals surface area (Å²) < 4.78 is 6.18. The molecule has 0 saturated heterocycles. The molecular formula is C23H33N3O4. The molecule has 1 amide bonds. The van der Waals surface area contributed by atoms with Crippen LogP contribution < -0.4 is 4.74 Å². The summed E-state index contributed by atoms with van der Waals surface area (Å²) in [6, 6.07) is 1.37. The van der Waals surface area contributed by atoms with Gasteiger partial charge in [0.25, 0.3) is 5.91 Å². The molecule has 0 radical (unpaired) electrons. The molecule has 1 aliphatic heterocycles. The van der Waals surface area contributed by atoms with Crippen molar-refractivity contribution in [2.75, 3.05) is 33.8 Å². The van der Waals surface area contributed by atoms with E-state index in [0.717, 1.165) is 12.8 Å². The monoisotopic (exact) mass is 415 g/mol. The van der Waals surface area contributed by atoms with Crippen molar-refractivity contribution in [3.8, 4) is 17.7 Å². The molecule has 3 rings (SSSR count). The molecule has 0 spiro atoms. The SMILES string of the molecule is C[C@@H]1CN([C@@H](C)CO)C(=O)c2cc(C#CC3(O)CCCC3)cnc2O[C@H]1CN(C)C. The Morgan fingerprint density at radius 1 is 1.40 bits per heavy atom. The number of aliphatic hydroxyl groups is 2. The highest BCUT2D eigenvalue weighted by molar-refractivity contribution is 5.97. The van der Waals surface area contributed by atoms with Gasteiger partial charge in [0, 0.05) is 30.8 Å². The molecule has 2 N–H and O–H groups in total. The van der Waals surface area contributed by atoms with Gasteiger partial charge in [-0.05, 0) is 52.8 Å².